The van der Waals surface area contributed by atoms with Crippen LogP contribution < -0.4 is 15.8 Å². The minimum Gasteiger partial charge on any atom is -0.466 e. The second-order valence-electron chi connectivity index (χ2n) is 5.98. The van der Waals surface area contributed by atoms with Gasteiger partial charge in [0.1, 0.15) is 11.3 Å². The minimum absolute atomic E-state index is 0.144. The molecule has 0 aliphatic rings. The van der Waals surface area contributed by atoms with E-state index < -0.39 is 0 Å². The number of hydrogen-bond acceptors (Lipinski definition) is 7. The number of carbonyl (C=O) groups excluding carboxylic acids is 2. The van der Waals surface area contributed by atoms with Crippen molar-refractivity contribution in [1.82, 2.24) is 14.5 Å². The van der Waals surface area contributed by atoms with E-state index >= 15 is 0 Å². The van der Waals surface area contributed by atoms with Gasteiger partial charge in [-0.1, -0.05) is 0 Å². The Hall–Kier alpha value is -3.62. The maximum absolute atomic E-state index is 11.6. The molecule has 3 N–H and O–H groups in total. The van der Waals surface area contributed by atoms with E-state index in [1.165, 1.54) is 6.92 Å². The molecule has 0 spiro atoms. The van der Waals surface area contributed by atoms with Crippen LogP contribution in [0.1, 0.15) is 20.3 Å². The molecule has 0 bridgehead atoms. The summed E-state index contributed by atoms with van der Waals surface area (Å²) in [5.41, 5.74) is 7.76. The molecule has 9 nitrogen and oxygen atoms in total. The van der Waals surface area contributed by atoms with Crippen LogP contribution in [-0.4, -0.2) is 33.0 Å². The summed E-state index contributed by atoms with van der Waals surface area (Å²) in [4.78, 5) is 31.4. The highest BCUT2D eigenvalue weighted by molar-refractivity contribution is 5.88. The van der Waals surface area contributed by atoms with Crippen molar-refractivity contribution in [1.29, 1.82) is 0 Å². The molecule has 28 heavy (non-hydrogen) atoms. The summed E-state index contributed by atoms with van der Waals surface area (Å²) >= 11 is 0. The number of amides is 1. The number of aryl methyl sites for hydroxylation is 1. The number of carbonyl (C=O) groups is 2. The quantitative estimate of drug-likeness (QED) is 0.602. The standard InChI is InChI=1S/C19H21N5O4/c1-3-27-17(26)10-11-24-18-15(22-19(24)20)8-9-16(23-18)28-14-6-4-13(5-7-14)21-12(2)25/h4-9H,3,10-11H2,1-2H3,(H2,20,22)(H,21,25). The first-order valence-electron chi connectivity index (χ1n) is 8.80. The van der Waals surface area contributed by atoms with Gasteiger partial charge in [-0.2, -0.15) is 4.98 Å². The molecule has 0 atom stereocenters. The van der Waals surface area contributed by atoms with Crippen LogP contribution in [0.5, 0.6) is 11.6 Å². The fourth-order valence-electron chi connectivity index (χ4n) is 2.65. The second kappa shape index (κ2) is 8.38. The molecule has 0 aliphatic heterocycles. The number of nitrogens with two attached hydrogens (primary N) is 1. The SMILES string of the molecule is CCOC(=O)CCn1c(N)nc2ccc(Oc3ccc(NC(C)=O)cc3)nc21. The van der Waals surface area contributed by atoms with Crippen molar-refractivity contribution < 1.29 is 19.1 Å². The fourth-order valence-corrected chi connectivity index (χ4v) is 2.65. The lowest BCUT2D eigenvalue weighted by atomic mass is 10.3. The Morgan fingerprint density at radius 1 is 1.14 bits per heavy atom. The molecule has 3 rings (SSSR count). The predicted molar refractivity (Wildman–Crippen MR) is 104 cm³/mol. The number of pyridine rings is 1. The van der Waals surface area contributed by atoms with Crippen LogP contribution in [0.3, 0.4) is 0 Å². The molecule has 0 saturated carbocycles. The van der Waals surface area contributed by atoms with Gasteiger partial charge >= 0.3 is 5.97 Å². The van der Waals surface area contributed by atoms with Crippen LogP contribution >= 0.6 is 0 Å². The highest BCUT2D eigenvalue weighted by Gasteiger charge is 2.13. The van der Waals surface area contributed by atoms with Crippen molar-refractivity contribution in [3.05, 3.63) is 36.4 Å². The third-order valence-electron chi connectivity index (χ3n) is 3.84. The number of anilines is 2. The summed E-state index contributed by atoms with van der Waals surface area (Å²) < 4.78 is 12.4. The molecule has 9 heteroatoms. The van der Waals surface area contributed by atoms with Crippen LogP contribution in [0.25, 0.3) is 11.2 Å². The number of nitrogens with one attached hydrogen (secondary N) is 1. The largest absolute Gasteiger partial charge is 0.466 e. The number of nitrogen functional groups attached to an aromatic ring is 1. The van der Waals surface area contributed by atoms with Crippen LogP contribution in [-0.2, 0) is 20.9 Å². The Kier molecular flexibility index (Phi) is 5.73. The van der Waals surface area contributed by atoms with E-state index in [-0.39, 0.29) is 24.2 Å². The molecule has 146 valence electrons. The number of fused-ring (bicyclic) bond motifs is 1. The molecule has 0 radical (unpaired) electrons. The number of esters is 1. The Labute approximate surface area is 161 Å². The molecule has 2 aromatic heterocycles. The van der Waals surface area contributed by atoms with Gasteiger partial charge in [0.15, 0.2) is 5.65 Å². The van der Waals surface area contributed by atoms with Crippen LogP contribution in [0, 0.1) is 0 Å². The number of imidazole rings is 1. The zero-order chi connectivity index (χ0) is 20.1. The number of ether oxygens (including phenoxy) is 2. The highest BCUT2D eigenvalue weighted by atomic mass is 16.5. The average Bonchev–Trinajstić information content (AvgIpc) is 2.96. The molecular formula is C19H21N5O4. The van der Waals surface area contributed by atoms with Crippen molar-refractivity contribution in [2.75, 3.05) is 17.7 Å². The van der Waals surface area contributed by atoms with Crippen molar-refractivity contribution in [2.45, 2.75) is 26.8 Å². The van der Waals surface area contributed by atoms with E-state index in [0.717, 1.165) is 0 Å². The van der Waals surface area contributed by atoms with Gasteiger partial charge in [-0.25, -0.2) is 4.98 Å². The number of aromatic nitrogens is 3. The minimum atomic E-state index is -0.310. The Morgan fingerprint density at radius 2 is 1.89 bits per heavy atom. The number of rotatable bonds is 7. The van der Waals surface area contributed by atoms with E-state index in [2.05, 4.69) is 15.3 Å². The Morgan fingerprint density at radius 3 is 2.57 bits per heavy atom. The van der Waals surface area contributed by atoms with E-state index in [1.54, 1.807) is 47.9 Å². The summed E-state index contributed by atoms with van der Waals surface area (Å²) in [5, 5.41) is 2.69. The van der Waals surface area contributed by atoms with Crippen molar-refractivity contribution >= 4 is 34.7 Å². The lowest BCUT2D eigenvalue weighted by Gasteiger charge is -2.08. The molecule has 2 heterocycles. The predicted octanol–water partition coefficient (Wildman–Crippen LogP) is 2.72. The lowest BCUT2D eigenvalue weighted by molar-refractivity contribution is -0.143. The summed E-state index contributed by atoms with van der Waals surface area (Å²) in [6.45, 7) is 3.84. The first-order valence-corrected chi connectivity index (χ1v) is 8.80. The third-order valence-corrected chi connectivity index (χ3v) is 3.84. The highest BCUT2D eigenvalue weighted by Crippen LogP contribution is 2.25. The van der Waals surface area contributed by atoms with Gasteiger partial charge in [0.2, 0.25) is 17.7 Å². The third kappa shape index (κ3) is 4.56. The first kappa shape index (κ1) is 19.2. The average molecular weight is 383 g/mol. The number of hydrogen-bond donors (Lipinski definition) is 2. The Balaban J connectivity index is 1.78. The monoisotopic (exact) mass is 383 g/mol. The second-order valence-corrected chi connectivity index (χ2v) is 5.98. The molecule has 1 aromatic carbocycles. The summed E-state index contributed by atoms with van der Waals surface area (Å²) in [5.74, 6) is 0.733. The molecule has 0 unspecified atom stereocenters. The van der Waals surface area contributed by atoms with Gasteiger partial charge in [-0.15, -0.1) is 0 Å². The maximum atomic E-state index is 11.6. The van der Waals surface area contributed by atoms with E-state index in [9.17, 15) is 9.59 Å². The van der Waals surface area contributed by atoms with Gasteiger partial charge in [-0.05, 0) is 37.3 Å². The van der Waals surface area contributed by atoms with Gasteiger partial charge < -0.3 is 20.5 Å². The fraction of sp³-hybridized carbons (Fsp3) is 0.263. The van der Waals surface area contributed by atoms with E-state index in [4.69, 9.17) is 15.2 Å². The van der Waals surface area contributed by atoms with E-state index in [0.29, 0.717) is 41.6 Å². The molecule has 1 amide bonds. The number of benzene rings is 1. The van der Waals surface area contributed by atoms with E-state index in [1.807, 2.05) is 0 Å². The summed E-state index contributed by atoms with van der Waals surface area (Å²) in [7, 11) is 0. The topological polar surface area (TPSA) is 121 Å². The smallest absolute Gasteiger partial charge is 0.307 e. The number of nitrogens with zero attached hydrogens (tertiary/aromatic N) is 3. The van der Waals surface area contributed by atoms with Gasteiger partial charge in [0.25, 0.3) is 0 Å². The molecule has 0 aliphatic carbocycles. The zero-order valence-corrected chi connectivity index (χ0v) is 15.6. The van der Waals surface area contributed by atoms with Crippen molar-refractivity contribution in [3.8, 4) is 11.6 Å². The van der Waals surface area contributed by atoms with Gasteiger partial charge in [0.05, 0.1) is 13.0 Å². The summed E-state index contributed by atoms with van der Waals surface area (Å²) in [6, 6.07) is 10.4. The first-order chi connectivity index (χ1) is 13.5. The lowest BCUT2D eigenvalue weighted by Crippen LogP contribution is -2.11. The Bertz CT molecular complexity index is 997. The zero-order valence-electron chi connectivity index (χ0n) is 15.6. The molecular weight excluding hydrogens is 362 g/mol. The normalized spacial score (nSPS) is 10.6. The molecule has 0 saturated heterocycles. The van der Waals surface area contributed by atoms with Crippen molar-refractivity contribution in [3.63, 3.8) is 0 Å². The molecule has 3 aromatic rings. The van der Waals surface area contributed by atoms with Crippen LogP contribution in [0.4, 0.5) is 11.6 Å². The maximum Gasteiger partial charge on any atom is 0.307 e. The van der Waals surface area contributed by atoms with Crippen LogP contribution in [0.2, 0.25) is 0 Å². The van der Waals surface area contributed by atoms with Crippen LogP contribution in [0.15, 0.2) is 36.4 Å². The molecule has 0 fully saturated rings. The van der Waals surface area contributed by atoms with Gasteiger partial charge in [-0.3, -0.25) is 14.2 Å². The van der Waals surface area contributed by atoms with Crippen molar-refractivity contribution in [2.24, 2.45) is 0 Å². The van der Waals surface area contributed by atoms with Gasteiger partial charge in [0, 0.05) is 25.2 Å². The summed E-state index contributed by atoms with van der Waals surface area (Å²) in [6.07, 6.45) is 0.168.